The molecule has 0 atom stereocenters. The molecular formula is C22H23F3N4O4S. The largest absolute Gasteiger partial charge is 0.474 e. The van der Waals surface area contributed by atoms with Gasteiger partial charge >= 0.3 is 6.18 Å². The lowest BCUT2D eigenvalue weighted by atomic mass is 10.0. The second kappa shape index (κ2) is 9.13. The third-order valence-corrected chi connectivity index (χ3v) is 6.97. The molecule has 2 aromatic rings. The summed E-state index contributed by atoms with van der Waals surface area (Å²) in [6.07, 6.45) is -3.33. The van der Waals surface area contributed by atoms with Crippen molar-refractivity contribution in [3.05, 3.63) is 59.1 Å². The highest BCUT2D eigenvalue weighted by Crippen LogP contribution is 2.36. The summed E-state index contributed by atoms with van der Waals surface area (Å²) >= 11 is 0. The van der Waals surface area contributed by atoms with E-state index in [1.807, 2.05) is 20.8 Å². The molecule has 1 aliphatic heterocycles. The summed E-state index contributed by atoms with van der Waals surface area (Å²) in [5.74, 6) is -0.453. The van der Waals surface area contributed by atoms with Crippen LogP contribution in [0, 0.1) is 6.57 Å². The van der Waals surface area contributed by atoms with Crippen molar-refractivity contribution in [1.82, 2.24) is 9.88 Å². The Kier molecular flexibility index (Phi) is 6.80. The Morgan fingerprint density at radius 3 is 2.44 bits per heavy atom. The van der Waals surface area contributed by atoms with E-state index in [0.717, 1.165) is 16.4 Å². The van der Waals surface area contributed by atoms with Gasteiger partial charge in [0.25, 0.3) is 15.9 Å². The SMILES string of the molecule is [C-]#[N+]CCN(C(=O)c1cnc2c(c1)N(S(=O)(=O)c1ccc(C(F)(F)F)cc1)CCO2)C(C)(C)C. The standard InChI is InChI=1S/C22H23F3N4O4S/c1-21(2,3)28(10-9-26-4)20(30)15-13-18-19(27-14-15)33-12-11-29(18)34(31,32)17-7-5-16(6-8-17)22(23,24)25/h5-8,13-14H,9-12H2,1-3H3. The molecule has 34 heavy (non-hydrogen) atoms. The zero-order valence-electron chi connectivity index (χ0n) is 18.8. The minimum atomic E-state index is -4.60. The van der Waals surface area contributed by atoms with Gasteiger partial charge in [0.2, 0.25) is 12.4 Å². The molecule has 0 fully saturated rings. The number of benzene rings is 1. The van der Waals surface area contributed by atoms with E-state index in [9.17, 15) is 26.4 Å². The number of halogens is 3. The number of rotatable bonds is 5. The van der Waals surface area contributed by atoms with Gasteiger partial charge in [0, 0.05) is 11.7 Å². The predicted molar refractivity (Wildman–Crippen MR) is 118 cm³/mol. The number of hydrogen-bond acceptors (Lipinski definition) is 5. The zero-order chi connectivity index (χ0) is 25.3. The van der Waals surface area contributed by atoms with Crippen molar-refractivity contribution in [1.29, 1.82) is 0 Å². The molecule has 0 aliphatic carbocycles. The third kappa shape index (κ3) is 5.09. The van der Waals surface area contributed by atoms with Crippen molar-refractivity contribution in [3.8, 4) is 5.88 Å². The van der Waals surface area contributed by atoms with Crippen LogP contribution in [0.1, 0.15) is 36.7 Å². The van der Waals surface area contributed by atoms with Gasteiger partial charge in [0.05, 0.1) is 29.1 Å². The molecule has 0 spiro atoms. The van der Waals surface area contributed by atoms with Crippen molar-refractivity contribution in [2.75, 3.05) is 30.5 Å². The second-order valence-corrected chi connectivity index (χ2v) is 10.4. The molecule has 1 amide bonds. The van der Waals surface area contributed by atoms with Crippen LogP contribution in [0.3, 0.4) is 0 Å². The van der Waals surface area contributed by atoms with Crippen LogP contribution in [0.2, 0.25) is 0 Å². The number of nitrogens with zero attached hydrogens (tertiary/aromatic N) is 4. The van der Waals surface area contributed by atoms with Crippen molar-refractivity contribution < 1.29 is 31.1 Å². The molecule has 8 nitrogen and oxygen atoms in total. The predicted octanol–water partition coefficient (Wildman–Crippen LogP) is 3.85. The van der Waals surface area contributed by atoms with Crippen LogP contribution in [0.5, 0.6) is 5.88 Å². The number of carbonyl (C=O) groups is 1. The molecule has 1 aromatic heterocycles. The fourth-order valence-electron chi connectivity index (χ4n) is 3.43. The van der Waals surface area contributed by atoms with Crippen molar-refractivity contribution in [2.24, 2.45) is 0 Å². The average molecular weight is 497 g/mol. The molecule has 2 heterocycles. The topological polar surface area (TPSA) is 84.2 Å². The molecule has 0 bridgehead atoms. The van der Waals surface area contributed by atoms with Gasteiger partial charge < -0.3 is 14.5 Å². The van der Waals surface area contributed by atoms with E-state index >= 15 is 0 Å². The maximum atomic E-state index is 13.3. The molecule has 0 radical (unpaired) electrons. The Morgan fingerprint density at radius 2 is 1.88 bits per heavy atom. The Balaban J connectivity index is 2.00. The van der Waals surface area contributed by atoms with Gasteiger partial charge in [-0.15, -0.1) is 0 Å². The molecule has 0 N–H and O–H groups in total. The van der Waals surface area contributed by atoms with E-state index < -0.39 is 33.2 Å². The van der Waals surface area contributed by atoms with Crippen molar-refractivity contribution in [3.63, 3.8) is 0 Å². The Hall–Kier alpha value is -3.33. The molecule has 12 heteroatoms. The number of aromatic nitrogens is 1. The van der Waals surface area contributed by atoms with Gasteiger partial charge in [0.1, 0.15) is 12.3 Å². The van der Waals surface area contributed by atoms with E-state index in [2.05, 4.69) is 9.83 Å². The van der Waals surface area contributed by atoms with Gasteiger partial charge in [0.15, 0.2) is 0 Å². The van der Waals surface area contributed by atoms with Gasteiger partial charge in [-0.1, -0.05) is 0 Å². The molecule has 3 rings (SSSR count). The Morgan fingerprint density at radius 1 is 1.24 bits per heavy atom. The number of hydrogen-bond donors (Lipinski definition) is 0. The van der Waals surface area contributed by atoms with Crippen LogP contribution in [-0.4, -0.2) is 56.0 Å². The van der Waals surface area contributed by atoms with E-state index in [0.29, 0.717) is 12.1 Å². The normalized spacial score (nSPS) is 14.1. The summed E-state index contributed by atoms with van der Waals surface area (Å²) in [7, 11) is -4.26. The first-order chi connectivity index (χ1) is 15.8. The molecule has 1 aromatic carbocycles. The van der Waals surface area contributed by atoms with Crippen molar-refractivity contribution in [2.45, 2.75) is 37.4 Å². The highest BCUT2D eigenvalue weighted by atomic mass is 32.2. The van der Waals surface area contributed by atoms with Crippen LogP contribution >= 0.6 is 0 Å². The monoisotopic (exact) mass is 496 g/mol. The summed E-state index contributed by atoms with van der Waals surface area (Å²) in [6.45, 7) is 12.6. The Bertz CT molecular complexity index is 1220. The first-order valence-electron chi connectivity index (χ1n) is 10.2. The number of ether oxygens (including phenoxy) is 1. The van der Waals surface area contributed by atoms with E-state index in [-0.39, 0.29) is 48.3 Å². The van der Waals surface area contributed by atoms with Gasteiger partial charge in [-0.25, -0.2) is 20.0 Å². The van der Waals surface area contributed by atoms with Gasteiger partial charge in [-0.3, -0.25) is 9.10 Å². The summed E-state index contributed by atoms with van der Waals surface area (Å²) in [6, 6.07) is 4.51. The molecular weight excluding hydrogens is 473 g/mol. The lowest BCUT2D eigenvalue weighted by Crippen LogP contribution is -2.47. The lowest BCUT2D eigenvalue weighted by molar-refractivity contribution is -0.137. The zero-order valence-corrected chi connectivity index (χ0v) is 19.6. The number of sulfonamides is 1. The summed E-state index contributed by atoms with van der Waals surface area (Å²) in [5.41, 5.74) is -1.47. The number of fused-ring (bicyclic) bond motifs is 1. The van der Waals surface area contributed by atoms with Crippen LogP contribution in [0.25, 0.3) is 4.85 Å². The minimum absolute atomic E-state index is 0.0102. The fraction of sp³-hybridized carbons (Fsp3) is 0.409. The smallest absolute Gasteiger partial charge is 0.416 e. The minimum Gasteiger partial charge on any atom is -0.474 e. The molecule has 1 aliphatic rings. The van der Waals surface area contributed by atoms with E-state index in [1.54, 1.807) is 0 Å². The van der Waals surface area contributed by atoms with E-state index in [4.69, 9.17) is 11.3 Å². The quantitative estimate of drug-likeness (QED) is 0.588. The number of alkyl halides is 3. The number of carbonyl (C=O) groups excluding carboxylic acids is 1. The summed E-state index contributed by atoms with van der Waals surface area (Å²) < 4.78 is 71.6. The number of amides is 1. The fourth-order valence-corrected chi connectivity index (χ4v) is 4.87. The first-order valence-corrected chi connectivity index (χ1v) is 11.7. The molecule has 182 valence electrons. The maximum Gasteiger partial charge on any atom is 0.416 e. The summed E-state index contributed by atoms with van der Waals surface area (Å²) in [5, 5.41) is 0. The number of anilines is 1. The van der Waals surface area contributed by atoms with Crippen molar-refractivity contribution >= 4 is 21.6 Å². The van der Waals surface area contributed by atoms with Crippen LogP contribution < -0.4 is 9.04 Å². The Labute approximate surface area is 195 Å². The summed E-state index contributed by atoms with van der Waals surface area (Å²) in [4.78, 5) is 21.8. The molecule has 0 unspecified atom stereocenters. The van der Waals surface area contributed by atoms with Crippen LogP contribution in [0.4, 0.5) is 18.9 Å². The highest BCUT2D eigenvalue weighted by Gasteiger charge is 2.35. The maximum absolute atomic E-state index is 13.3. The average Bonchev–Trinajstić information content (AvgIpc) is 2.77. The highest BCUT2D eigenvalue weighted by molar-refractivity contribution is 7.92. The molecule has 0 saturated carbocycles. The number of pyridine rings is 1. The second-order valence-electron chi connectivity index (χ2n) is 8.51. The first kappa shape index (κ1) is 25.3. The lowest BCUT2D eigenvalue weighted by Gasteiger charge is -2.35. The van der Waals surface area contributed by atoms with E-state index in [1.165, 1.54) is 17.2 Å². The van der Waals surface area contributed by atoms with Gasteiger partial charge in [-0.05, 0) is 51.1 Å². The third-order valence-electron chi connectivity index (χ3n) is 5.14. The van der Waals surface area contributed by atoms with Gasteiger partial charge in [-0.2, -0.15) is 13.2 Å². The van der Waals surface area contributed by atoms with Crippen LogP contribution in [-0.2, 0) is 16.2 Å². The van der Waals surface area contributed by atoms with Crippen LogP contribution in [0.15, 0.2) is 41.4 Å². The molecule has 0 saturated heterocycles.